The first-order chi connectivity index (χ1) is 9.56. The number of benzene rings is 2. The molecule has 1 N–H and O–H groups in total. The molecule has 2 aromatic rings. The SMILES string of the molecule is Cc1cccc(N(C)C(C)CCc2ccc(O)cc2)c1. The predicted molar refractivity (Wildman–Crippen MR) is 85.5 cm³/mol. The molecule has 2 nitrogen and oxygen atoms in total. The van der Waals surface area contributed by atoms with Crippen LogP contribution >= 0.6 is 0 Å². The summed E-state index contributed by atoms with van der Waals surface area (Å²) >= 11 is 0. The second kappa shape index (κ2) is 6.47. The van der Waals surface area contributed by atoms with Gasteiger partial charge in [0.15, 0.2) is 0 Å². The Balaban J connectivity index is 1.94. The van der Waals surface area contributed by atoms with Crippen LogP contribution in [0.2, 0.25) is 0 Å². The van der Waals surface area contributed by atoms with Crippen LogP contribution in [0.1, 0.15) is 24.5 Å². The second-order valence-electron chi connectivity index (χ2n) is 5.50. The Hall–Kier alpha value is -1.96. The van der Waals surface area contributed by atoms with Gasteiger partial charge >= 0.3 is 0 Å². The summed E-state index contributed by atoms with van der Waals surface area (Å²) in [6.45, 7) is 4.38. The van der Waals surface area contributed by atoms with Crippen molar-refractivity contribution in [3.8, 4) is 5.75 Å². The molecule has 20 heavy (non-hydrogen) atoms. The van der Waals surface area contributed by atoms with E-state index in [-0.39, 0.29) is 0 Å². The molecule has 0 bridgehead atoms. The van der Waals surface area contributed by atoms with Crippen LogP contribution in [0.25, 0.3) is 0 Å². The molecule has 2 heteroatoms. The molecule has 0 radical (unpaired) electrons. The van der Waals surface area contributed by atoms with Crippen molar-refractivity contribution in [2.24, 2.45) is 0 Å². The highest BCUT2D eigenvalue weighted by atomic mass is 16.3. The molecule has 0 fully saturated rings. The highest BCUT2D eigenvalue weighted by Gasteiger charge is 2.10. The Morgan fingerprint density at radius 2 is 1.80 bits per heavy atom. The summed E-state index contributed by atoms with van der Waals surface area (Å²) in [6.07, 6.45) is 2.12. The van der Waals surface area contributed by atoms with Crippen molar-refractivity contribution < 1.29 is 5.11 Å². The van der Waals surface area contributed by atoms with Crippen LogP contribution in [0.5, 0.6) is 5.75 Å². The van der Waals surface area contributed by atoms with E-state index in [0.717, 1.165) is 12.8 Å². The summed E-state index contributed by atoms with van der Waals surface area (Å²) in [7, 11) is 2.15. The fourth-order valence-corrected chi connectivity index (χ4v) is 2.33. The van der Waals surface area contributed by atoms with Crippen LogP contribution in [0.15, 0.2) is 48.5 Å². The highest BCUT2D eigenvalue weighted by Crippen LogP contribution is 2.19. The van der Waals surface area contributed by atoms with E-state index < -0.39 is 0 Å². The van der Waals surface area contributed by atoms with Gasteiger partial charge in [0.05, 0.1) is 0 Å². The lowest BCUT2D eigenvalue weighted by molar-refractivity contribution is 0.475. The van der Waals surface area contributed by atoms with Gasteiger partial charge in [-0.15, -0.1) is 0 Å². The van der Waals surface area contributed by atoms with Gasteiger partial charge in [0.25, 0.3) is 0 Å². The van der Waals surface area contributed by atoms with E-state index in [1.165, 1.54) is 16.8 Å². The van der Waals surface area contributed by atoms with Crippen molar-refractivity contribution in [1.82, 2.24) is 0 Å². The first kappa shape index (κ1) is 14.4. The molecule has 2 aromatic carbocycles. The summed E-state index contributed by atoms with van der Waals surface area (Å²) < 4.78 is 0. The topological polar surface area (TPSA) is 23.5 Å². The van der Waals surface area contributed by atoms with Crippen LogP contribution in [-0.2, 0) is 6.42 Å². The van der Waals surface area contributed by atoms with Gasteiger partial charge in [-0.1, -0.05) is 24.3 Å². The molecule has 0 aliphatic rings. The smallest absolute Gasteiger partial charge is 0.115 e. The average Bonchev–Trinajstić information content (AvgIpc) is 2.45. The van der Waals surface area contributed by atoms with Gasteiger partial charge in [-0.3, -0.25) is 0 Å². The number of hydrogen-bond acceptors (Lipinski definition) is 2. The lowest BCUT2D eigenvalue weighted by atomic mass is 10.0. The highest BCUT2D eigenvalue weighted by molar-refractivity contribution is 5.48. The van der Waals surface area contributed by atoms with Crippen LogP contribution < -0.4 is 4.90 Å². The van der Waals surface area contributed by atoms with Crippen molar-refractivity contribution in [2.75, 3.05) is 11.9 Å². The molecular weight excluding hydrogens is 246 g/mol. The molecule has 0 saturated carbocycles. The number of phenols is 1. The van der Waals surface area contributed by atoms with Gasteiger partial charge in [0, 0.05) is 18.8 Å². The minimum absolute atomic E-state index is 0.332. The summed E-state index contributed by atoms with van der Waals surface area (Å²) in [5.74, 6) is 0.332. The van der Waals surface area contributed by atoms with Gasteiger partial charge < -0.3 is 10.0 Å². The van der Waals surface area contributed by atoms with Crippen LogP contribution in [0.4, 0.5) is 5.69 Å². The number of aryl methyl sites for hydroxylation is 2. The van der Waals surface area contributed by atoms with Crippen LogP contribution in [-0.4, -0.2) is 18.2 Å². The van der Waals surface area contributed by atoms with Gasteiger partial charge in [-0.2, -0.15) is 0 Å². The fourth-order valence-electron chi connectivity index (χ4n) is 2.33. The molecule has 0 saturated heterocycles. The lowest BCUT2D eigenvalue weighted by Gasteiger charge is -2.27. The van der Waals surface area contributed by atoms with E-state index >= 15 is 0 Å². The minimum Gasteiger partial charge on any atom is -0.508 e. The van der Waals surface area contributed by atoms with Crippen molar-refractivity contribution in [1.29, 1.82) is 0 Å². The van der Waals surface area contributed by atoms with Crippen molar-refractivity contribution in [3.05, 3.63) is 59.7 Å². The van der Waals surface area contributed by atoms with Crippen LogP contribution in [0.3, 0.4) is 0 Å². The molecule has 0 aliphatic carbocycles. The molecule has 0 heterocycles. The number of aromatic hydroxyl groups is 1. The maximum Gasteiger partial charge on any atom is 0.115 e. The van der Waals surface area contributed by atoms with E-state index in [0.29, 0.717) is 11.8 Å². The molecular formula is C18H23NO. The van der Waals surface area contributed by atoms with E-state index in [1.54, 1.807) is 12.1 Å². The molecule has 1 unspecified atom stereocenters. The first-order valence-electron chi connectivity index (χ1n) is 7.13. The monoisotopic (exact) mass is 269 g/mol. The minimum atomic E-state index is 0.332. The zero-order valence-electron chi connectivity index (χ0n) is 12.5. The quantitative estimate of drug-likeness (QED) is 0.881. The molecule has 0 spiro atoms. The van der Waals surface area contributed by atoms with E-state index in [9.17, 15) is 5.11 Å². The number of phenolic OH excluding ortho intramolecular Hbond substituents is 1. The van der Waals surface area contributed by atoms with Gasteiger partial charge in [0.2, 0.25) is 0 Å². The Labute approximate surface area is 121 Å². The van der Waals surface area contributed by atoms with E-state index in [1.807, 2.05) is 12.1 Å². The van der Waals surface area contributed by atoms with Gasteiger partial charge in [0.1, 0.15) is 5.75 Å². The average molecular weight is 269 g/mol. The Morgan fingerprint density at radius 3 is 2.45 bits per heavy atom. The van der Waals surface area contributed by atoms with Crippen LogP contribution in [0, 0.1) is 6.92 Å². The predicted octanol–water partition coefficient (Wildman–Crippen LogP) is 4.16. The van der Waals surface area contributed by atoms with E-state index in [4.69, 9.17) is 0 Å². The van der Waals surface area contributed by atoms with Crippen molar-refractivity contribution in [3.63, 3.8) is 0 Å². The van der Waals surface area contributed by atoms with Gasteiger partial charge in [-0.05, 0) is 62.1 Å². The Kier molecular flexibility index (Phi) is 4.67. The third-order valence-corrected chi connectivity index (χ3v) is 3.86. The summed E-state index contributed by atoms with van der Waals surface area (Å²) in [5.41, 5.74) is 3.83. The molecule has 0 aromatic heterocycles. The summed E-state index contributed by atoms with van der Waals surface area (Å²) in [4.78, 5) is 2.33. The van der Waals surface area contributed by atoms with Crippen molar-refractivity contribution >= 4 is 5.69 Å². The number of nitrogens with zero attached hydrogens (tertiary/aromatic N) is 1. The third-order valence-electron chi connectivity index (χ3n) is 3.86. The maximum atomic E-state index is 9.29. The lowest BCUT2D eigenvalue weighted by Crippen LogP contribution is -2.29. The molecule has 106 valence electrons. The first-order valence-corrected chi connectivity index (χ1v) is 7.13. The molecule has 1 atom stereocenters. The largest absolute Gasteiger partial charge is 0.508 e. The zero-order chi connectivity index (χ0) is 14.5. The van der Waals surface area contributed by atoms with Crippen molar-refractivity contribution in [2.45, 2.75) is 32.7 Å². The number of rotatable bonds is 5. The number of hydrogen-bond donors (Lipinski definition) is 1. The Morgan fingerprint density at radius 1 is 1.10 bits per heavy atom. The normalized spacial score (nSPS) is 12.2. The second-order valence-corrected chi connectivity index (χ2v) is 5.50. The van der Waals surface area contributed by atoms with E-state index in [2.05, 4.69) is 50.1 Å². The summed E-state index contributed by atoms with van der Waals surface area (Å²) in [6, 6.07) is 16.6. The summed E-state index contributed by atoms with van der Waals surface area (Å²) in [5, 5.41) is 9.29. The molecule has 2 rings (SSSR count). The standard InChI is InChI=1S/C18H23NO/c1-14-5-4-6-17(13-14)19(3)15(2)7-8-16-9-11-18(20)12-10-16/h4-6,9-13,15,20H,7-8H2,1-3H3. The fraction of sp³-hybridized carbons (Fsp3) is 0.333. The Bertz CT molecular complexity index is 548. The molecule has 0 amide bonds. The number of anilines is 1. The third kappa shape index (κ3) is 3.77. The molecule has 0 aliphatic heterocycles. The van der Waals surface area contributed by atoms with Gasteiger partial charge in [-0.25, -0.2) is 0 Å². The maximum absolute atomic E-state index is 9.29. The zero-order valence-corrected chi connectivity index (χ0v) is 12.5.